The van der Waals surface area contributed by atoms with E-state index in [0.717, 1.165) is 22.3 Å². The number of amidine groups is 1. The molecule has 7 heteroatoms. The van der Waals surface area contributed by atoms with Gasteiger partial charge in [0.05, 0.1) is 17.6 Å². The highest BCUT2D eigenvalue weighted by Crippen LogP contribution is 2.19. The van der Waals surface area contributed by atoms with Crippen LogP contribution in [0.3, 0.4) is 0 Å². The van der Waals surface area contributed by atoms with Crippen molar-refractivity contribution in [2.75, 3.05) is 0 Å². The molecule has 0 saturated heterocycles. The van der Waals surface area contributed by atoms with Crippen LogP contribution >= 0.6 is 0 Å². The van der Waals surface area contributed by atoms with Crippen LogP contribution in [0.5, 0.6) is 0 Å². The largest absolute Gasteiger partial charge is 0.348 e. The third-order valence-corrected chi connectivity index (χ3v) is 4.02. The van der Waals surface area contributed by atoms with Crippen LogP contribution in [0, 0.1) is 0 Å². The summed E-state index contributed by atoms with van der Waals surface area (Å²) >= 11 is 0. The van der Waals surface area contributed by atoms with E-state index in [9.17, 15) is 0 Å². The molecule has 5 N–H and O–H groups in total. The second-order valence-corrected chi connectivity index (χ2v) is 6.04. The molecule has 1 unspecified atom stereocenters. The molecular formula is C18H19N7. The number of aromatic nitrogens is 3. The normalized spacial score (nSPS) is 21.7. The zero-order valence-corrected chi connectivity index (χ0v) is 13.8. The smallest absolute Gasteiger partial charge is 0.223 e. The number of benzene rings is 1. The van der Waals surface area contributed by atoms with E-state index in [2.05, 4.69) is 30.6 Å². The summed E-state index contributed by atoms with van der Waals surface area (Å²) in [6.45, 7) is 2.50. The van der Waals surface area contributed by atoms with Gasteiger partial charge in [-0.15, -0.1) is 0 Å². The minimum atomic E-state index is -1.05. The molecule has 0 fully saturated rings. The zero-order valence-electron chi connectivity index (χ0n) is 13.8. The lowest BCUT2D eigenvalue weighted by Gasteiger charge is -2.35. The predicted molar refractivity (Wildman–Crippen MR) is 97.4 cm³/mol. The molecule has 0 bridgehead atoms. The van der Waals surface area contributed by atoms with Gasteiger partial charge in [0.1, 0.15) is 5.84 Å². The van der Waals surface area contributed by atoms with Gasteiger partial charge < -0.3 is 15.6 Å². The van der Waals surface area contributed by atoms with E-state index in [1.165, 1.54) is 0 Å². The van der Waals surface area contributed by atoms with Crippen molar-refractivity contribution in [2.45, 2.75) is 19.3 Å². The molecule has 0 spiro atoms. The number of imidazole rings is 1. The number of fused-ring (bicyclic) bond motifs is 1. The van der Waals surface area contributed by atoms with Gasteiger partial charge in [0, 0.05) is 18.1 Å². The zero-order chi connectivity index (χ0) is 17.3. The monoisotopic (exact) mass is 333 g/mol. The standard InChI is InChI=1S/C18H19N7/c1-12-10-16(21-11-13-6-8-20-9-7-13)25-18(19,24-12)17-22-14-4-2-3-5-15(14)23-17/h2-10,24H,11,19H2,1H3,(H,21,25)(H,22,23). The molecule has 0 radical (unpaired) electrons. The van der Waals surface area contributed by atoms with Crippen LogP contribution < -0.4 is 16.4 Å². The number of pyridine rings is 1. The Hall–Kier alpha value is -3.19. The molecular weight excluding hydrogens is 314 g/mol. The van der Waals surface area contributed by atoms with Crippen LogP contribution in [-0.4, -0.2) is 20.8 Å². The SMILES string of the molecule is CC1=CC(=NCc2ccncc2)NC(N)(c2nc3ccccc3[nH]2)N1. The second-order valence-electron chi connectivity index (χ2n) is 6.04. The van der Waals surface area contributed by atoms with Crippen LogP contribution in [0.1, 0.15) is 18.3 Å². The molecule has 1 aromatic carbocycles. The molecule has 1 aliphatic heterocycles. The highest BCUT2D eigenvalue weighted by atomic mass is 15.4. The van der Waals surface area contributed by atoms with Gasteiger partial charge in [-0.3, -0.25) is 15.7 Å². The molecule has 7 nitrogen and oxygen atoms in total. The topological polar surface area (TPSA) is 104 Å². The van der Waals surface area contributed by atoms with Gasteiger partial charge in [0.25, 0.3) is 0 Å². The lowest BCUT2D eigenvalue weighted by Crippen LogP contribution is -2.64. The van der Waals surface area contributed by atoms with Gasteiger partial charge in [-0.25, -0.2) is 4.98 Å². The molecule has 25 heavy (non-hydrogen) atoms. The fraction of sp³-hybridized carbons (Fsp3) is 0.167. The molecule has 2 aromatic heterocycles. The predicted octanol–water partition coefficient (Wildman–Crippen LogP) is 1.72. The molecule has 3 aromatic rings. The molecule has 3 heterocycles. The number of para-hydroxylation sites is 2. The van der Waals surface area contributed by atoms with Gasteiger partial charge in [0.2, 0.25) is 5.79 Å². The fourth-order valence-corrected chi connectivity index (χ4v) is 2.83. The summed E-state index contributed by atoms with van der Waals surface area (Å²) in [5, 5.41) is 6.48. The number of nitrogens with zero attached hydrogens (tertiary/aromatic N) is 3. The Labute approximate surface area is 145 Å². The van der Waals surface area contributed by atoms with Crippen molar-refractivity contribution in [1.82, 2.24) is 25.6 Å². The van der Waals surface area contributed by atoms with Gasteiger partial charge in [-0.2, -0.15) is 0 Å². The third kappa shape index (κ3) is 3.09. The first-order chi connectivity index (χ1) is 12.1. The van der Waals surface area contributed by atoms with Crippen molar-refractivity contribution in [1.29, 1.82) is 0 Å². The maximum Gasteiger partial charge on any atom is 0.223 e. The first kappa shape index (κ1) is 15.3. The minimum Gasteiger partial charge on any atom is -0.348 e. The van der Waals surface area contributed by atoms with Crippen LogP contribution in [0.15, 0.2) is 65.6 Å². The summed E-state index contributed by atoms with van der Waals surface area (Å²) in [5.74, 6) is 0.267. The van der Waals surface area contributed by atoms with Crippen molar-refractivity contribution in [3.63, 3.8) is 0 Å². The first-order valence-corrected chi connectivity index (χ1v) is 8.04. The van der Waals surface area contributed by atoms with Gasteiger partial charge >= 0.3 is 0 Å². The average molecular weight is 333 g/mol. The van der Waals surface area contributed by atoms with Crippen LogP contribution in [0.25, 0.3) is 11.0 Å². The molecule has 4 rings (SSSR count). The van der Waals surface area contributed by atoms with Crippen LogP contribution in [-0.2, 0) is 12.3 Å². The number of rotatable bonds is 3. The molecule has 0 amide bonds. The average Bonchev–Trinajstić information content (AvgIpc) is 3.05. The van der Waals surface area contributed by atoms with Crippen molar-refractivity contribution in [3.8, 4) is 0 Å². The highest BCUT2D eigenvalue weighted by Gasteiger charge is 2.34. The lowest BCUT2D eigenvalue weighted by atomic mass is 10.2. The Morgan fingerprint density at radius 2 is 1.92 bits per heavy atom. The quantitative estimate of drug-likeness (QED) is 0.584. The Balaban J connectivity index is 1.63. The number of H-pyrrole nitrogens is 1. The first-order valence-electron chi connectivity index (χ1n) is 8.04. The molecule has 0 aliphatic carbocycles. The number of allylic oxidation sites excluding steroid dienone is 1. The van der Waals surface area contributed by atoms with E-state index < -0.39 is 5.79 Å². The highest BCUT2D eigenvalue weighted by molar-refractivity contribution is 5.95. The Kier molecular flexibility index (Phi) is 3.70. The minimum absolute atomic E-state index is 0.546. The second kappa shape index (κ2) is 6.03. The summed E-state index contributed by atoms with van der Waals surface area (Å²) in [5.41, 5.74) is 10.3. The fourth-order valence-electron chi connectivity index (χ4n) is 2.83. The van der Waals surface area contributed by atoms with E-state index >= 15 is 0 Å². The third-order valence-electron chi connectivity index (χ3n) is 4.02. The molecule has 1 atom stereocenters. The summed E-state index contributed by atoms with van der Waals surface area (Å²) in [4.78, 5) is 16.5. The number of hydrogen-bond donors (Lipinski definition) is 4. The van der Waals surface area contributed by atoms with Gasteiger partial charge in [0.15, 0.2) is 5.82 Å². The van der Waals surface area contributed by atoms with Crippen LogP contribution in [0.2, 0.25) is 0 Å². The summed E-state index contributed by atoms with van der Waals surface area (Å²) in [6.07, 6.45) is 5.44. The number of aliphatic imine (C=N–C) groups is 1. The van der Waals surface area contributed by atoms with E-state index in [1.807, 2.05) is 49.4 Å². The summed E-state index contributed by atoms with van der Waals surface area (Å²) in [6, 6.07) is 11.7. The van der Waals surface area contributed by atoms with E-state index in [4.69, 9.17) is 5.73 Å². The van der Waals surface area contributed by atoms with Crippen molar-refractivity contribution in [3.05, 3.63) is 72.0 Å². The van der Waals surface area contributed by atoms with E-state index in [0.29, 0.717) is 18.2 Å². The lowest BCUT2D eigenvalue weighted by molar-refractivity contribution is 0.323. The van der Waals surface area contributed by atoms with Crippen molar-refractivity contribution < 1.29 is 0 Å². The van der Waals surface area contributed by atoms with Gasteiger partial charge in [-0.1, -0.05) is 12.1 Å². The van der Waals surface area contributed by atoms with Crippen molar-refractivity contribution >= 4 is 16.9 Å². The van der Waals surface area contributed by atoms with Gasteiger partial charge in [-0.05, 0) is 42.8 Å². The Morgan fingerprint density at radius 1 is 1.12 bits per heavy atom. The van der Waals surface area contributed by atoms with E-state index in [-0.39, 0.29) is 0 Å². The number of hydrogen-bond acceptors (Lipinski definition) is 5. The number of nitrogens with two attached hydrogens (primary N) is 1. The molecule has 1 aliphatic rings. The van der Waals surface area contributed by atoms with Crippen molar-refractivity contribution in [2.24, 2.45) is 10.7 Å². The van der Waals surface area contributed by atoms with Crippen LogP contribution in [0.4, 0.5) is 0 Å². The maximum absolute atomic E-state index is 6.55. The number of nitrogens with one attached hydrogen (secondary N) is 3. The Bertz CT molecular complexity index is 925. The maximum atomic E-state index is 6.55. The molecule has 0 saturated carbocycles. The Morgan fingerprint density at radius 3 is 2.72 bits per heavy atom. The van der Waals surface area contributed by atoms with E-state index in [1.54, 1.807) is 12.4 Å². The summed E-state index contributed by atoms with van der Waals surface area (Å²) < 4.78 is 0. The summed E-state index contributed by atoms with van der Waals surface area (Å²) in [7, 11) is 0. The molecule has 126 valence electrons. The number of aromatic amines is 1.